The fraction of sp³-hybridized carbons (Fsp3) is 0.471. The molecule has 5 nitrogen and oxygen atoms in total. The topological polar surface area (TPSA) is 45.5 Å². The zero-order valence-electron chi connectivity index (χ0n) is 14.4. The van der Waals surface area contributed by atoms with Gasteiger partial charge in [0.05, 0.1) is 24.9 Å². The van der Waals surface area contributed by atoms with Gasteiger partial charge in [-0.1, -0.05) is 12.1 Å². The Morgan fingerprint density at radius 1 is 1.17 bits per heavy atom. The molecule has 3 rings (SSSR count). The molecule has 122 valence electrons. The van der Waals surface area contributed by atoms with Crippen molar-refractivity contribution in [1.82, 2.24) is 9.78 Å². The summed E-state index contributed by atoms with van der Waals surface area (Å²) in [4.78, 5) is 0. The van der Waals surface area contributed by atoms with Gasteiger partial charge in [-0.15, -0.1) is 0 Å². The molecule has 0 amide bonds. The number of methoxy groups -OCH3 is 1. The molecule has 1 aromatic carbocycles. The maximum atomic E-state index is 6.16. The molecule has 0 saturated carbocycles. The monoisotopic (exact) mass is 314 g/mol. The second kappa shape index (κ2) is 5.69. The van der Waals surface area contributed by atoms with E-state index in [1.807, 2.05) is 56.8 Å². The van der Waals surface area contributed by atoms with Crippen LogP contribution >= 0.6 is 0 Å². The smallest absolute Gasteiger partial charge is 0.497 e. The van der Waals surface area contributed by atoms with E-state index in [0.717, 1.165) is 16.8 Å². The van der Waals surface area contributed by atoms with Crippen LogP contribution in [0.4, 0.5) is 0 Å². The lowest BCUT2D eigenvalue weighted by molar-refractivity contribution is 0.00578. The van der Waals surface area contributed by atoms with Crippen molar-refractivity contribution in [2.45, 2.75) is 45.4 Å². The summed E-state index contributed by atoms with van der Waals surface area (Å²) in [6.45, 7) is 8.89. The number of aromatic nitrogens is 2. The second-order valence-corrected chi connectivity index (χ2v) is 6.87. The van der Waals surface area contributed by atoms with Crippen LogP contribution in [0, 0.1) is 0 Å². The molecule has 6 heteroatoms. The number of rotatable bonds is 4. The minimum Gasteiger partial charge on any atom is -0.497 e. The van der Waals surface area contributed by atoms with Gasteiger partial charge in [0, 0.05) is 17.9 Å². The van der Waals surface area contributed by atoms with E-state index in [-0.39, 0.29) is 11.2 Å². The fourth-order valence-electron chi connectivity index (χ4n) is 2.62. The van der Waals surface area contributed by atoms with E-state index in [4.69, 9.17) is 14.0 Å². The number of hydrogen-bond donors (Lipinski definition) is 0. The molecule has 0 atom stereocenters. The summed E-state index contributed by atoms with van der Waals surface area (Å²) < 4.78 is 19.7. The standard InChI is InChI=1S/C17H23BN2O3/c1-16(2)17(3,4)23-18(22-16)14-11-13(7-8-15(14)21-5)12-20-10-6-9-19-20/h6-11H,12H2,1-5H3. The number of benzene rings is 1. The molecule has 23 heavy (non-hydrogen) atoms. The van der Waals surface area contributed by atoms with Gasteiger partial charge in [-0.25, -0.2) is 0 Å². The van der Waals surface area contributed by atoms with Crippen LogP contribution in [0.1, 0.15) is 33.3 Å². The van der Waals surface area contributed by atoms with Gasteiger partial charge in [0.15, 0.2) is 0 Å². The molecule has 0 spiro atoms. The normalized spacial score (nSPS) is 19.1. The van der Waals surface area contributed by atoms with Crippen LogP contribution in [0.5, 0.6) is 5.75 Å². The summed E-state index contributed by atoms with van der Waals surface area (Å²) in [7, 11) is 1.23. The zero-order valence-corrected chi connectivity index (χ0v) is 14.4. The third-order valence-electron chi connectivity index (χ3n) is 4.71. The van der Waals surface area contributed by atoms with Crippen LogP contribution in [0.2, 0.25) is 0 Å². The Hall–Kier alpha value is -1.79. The number of nitrogens with zero attached hydrogens (tertiary/aromatic N) is 2. The Labute approximate surface area is 137 Å². The molecular weight excluding hydrogens is 291 g/mol. The quantitative estimate of drug-likeness (QED) is 0.812. The highest BCUT2D eigenvalue weighted by Gasteiger charge is 2.52. The van der Waals surface area contributed by atoms with Gasteiger partial charge >= 0.3 is 7.12 Å². The first-order valence-corrected chi connectivity index (χ1v) is 7.82. The highest BCUT2D eigenvalue weighted by molar-refractivity contribution is 6.63. The molecule has 0 unspecified atom stereocenters. The van der Waals surface area contributed by atoms with Crippen LogP contribution < -0.4 is 10.2 Å². The first-order chi connectivity index (χ1) is 10.8. The molecular formula is C17H23BN2O3. The van der Waals surface area contributed by atoms with Crippen molar-refractivity contribution >= 4 is 12.6 Å². The third kappa shape index (κ3) is 3.01. The molecule has 0 bridgehead atoms. The summed E-state index contributed by atoms with van der Waals surface area (Å²) in [5.41, 5.74) is 1.29. The van der Waals surface area contributed by atoms with Crippen LogP contribution in [0.3, 0.4) is 0 Å². The van der Waals surface area contributed by atoms with Gasteiger partial charge in [-0.3, -0.25) is 4.68 Å². The summed E-state index contributed by atoms with van der Waals surface area (Å²) in [5, 5.41) is 4.25. The highest BCUT2D eigenvalue weighted by atomic mass is 16.7. The first-order valence-electron chi connectivity index (χ1n) is 7.82. The predicted octanol–water partition coefficient (Wildman–Crippen LogP) is 2.24. The molecule has 1 fully saturated rings. The molecule has 1 aliphatic rings. The van der Waals surface area contributed by atoms with Crippen molar-refractivity contribution in [3.8, 4) is 5.75 Å². The van der Waals surface area contributed by atoms with Crippen molar-refractivity contribution in [3.05, 3.63) is 42.2 Å². The Morgan fingerprint density at radius 2 is 1.87 bits per heavy atom. The van der Waals surface area contributed by atoms with Gasteiger partial charge in [0.1, 0.15) is 5.75 Å². The summed E-state index contributed by atoms with van der Waals surface area (Å²) in [5.74, 6) is 0.771. The molecule has 1 aliphatic heterocycles. The number of hydrogen-bond acceptors (Lipinski definition) is 4. The first kappa shape index (κ1) is 16.1. The summed E-state index contributed by atoms with van der Waals surface area (Å²) in [6.07, 6.45) is 3.72. The van der Waals surface area contributed by atoms with E-state index in [9.17, 15) is 0 Å². The van der Waals surface area contributed by atoms with Crippen LogP contribution in [0.25, 0.3) is 0 Å². The van der Waals surface area contributed by atoms with E-state index in [2.05, 4.69) is 11.2 Å². The largest absolute Gasteiger partial charge is 0.498 e. The maximum absolute atomic E-state index is 6.16. The minimum absolute atomic E-state index is 0.374. The van der Waals surface area contributed by atoms with Crippen LogP contribution in [-0.2, 0) is 15.9 Å². The lowest BCUT2D eigenvalue weighted by atomic mass is 9.77. The van der Waals surface area contributed by atoms with Crippen molar-refractivity contribution in [2.24, 2.45) is 0 Å². The zero-order chi connectivity index (χ0) is 16.7. The Morgan fingerprint density at radius 3 is 2.43 bits per heavy atom. The van der Waals surface area contributed by atoms with Crippen LogP contribution in [0.15, 0.2) is 36.7 Å². The summed E-state index contributed by atoms with van der Waals surface area (Å²) in [6, 6.07) is 7.98. The molecule has 1 aromatic heterocycles. The molecule has 1 saturated heterocycles. The van der Waals surface area contributed by atoms with Crippen molar-refractivity contribution < 1.29 is 14.0 Å². The average Bonchev–Trinajstić information content (AvgIpc) is 3.05. The van der Waals surface area contributed by atoms with E-state index in [1.165, 1.54) is 0 Å². The Balaban J connectivity index is 1.91. The van der Waals surface area contributed by atoms with Crippen LogP contribution in [-0.4, -0.2) is 35.2 Å². The van der Waals surface area contributed by atoms with Gasteiger partial charge in [0.2, 0.25) is 0 Å². The van der Waals surface area contributed by atoms with E-state index < -0.39 is 7.12 Å². The lowest BCUT2D eigenvalue weighted by Gasteiger charge is -2.32. The maximum Gasteiger partial charge on any atom is 0.498 e. The minimum atomic E-state index is -0.437. The van der Waals surface area contributed by atoms with Gasteiger partial charge in [-0.2, -0.15) is 5.10 Å². The molecule has 0 radical (unpaired) electrons. The average molecular weight is 314 g/mol. The van der Waals surface area contributed by atoms with E-state index in [1.54, 1.807) is 13.3 Å². The lowest BCUT2D eigenvalue weighted by Crippen LogP contribution is -2.41. The molecule has 0 N–H and O–H groups in total. The van der Waals surface area contributed by atoms with Crippen molar-refractivity contribution in [3.63, 3.8) is 0 Å². The third-order valence-corrected chi connectivity index (χ3v) is 4.71. The Bertz CT molecular complexity index is 667. The molecule has 2 aromatic rings. The predicted molar refractivity (Wildman–Crippen MR) is 90.0 cm³/mol. The van der Waals surface area contributed by atoms with Crippen molar-refractivity contribution in [2.75, 3.05) is 7.11 Å². The molecule has 2 heterocycles. The Kier molecular flexibility index (Phi) is 3.98. The highest BCUT2D eigenvalue weighted by Crippen LogP contribution is 2.37. The summed E-state index contributed by atoms with van der Waals surface area (Å²) >= 11 is 0. The molecule has 0 aliphatic carbocycles. The van der Waals surface area contributed by atoms with Gasteiger partial charge in [0.25, 0.3) is 0 Å². The van der Waals surface area contributed by atoms with Crippen molar-refractivity contribution in [1.29, 1.82) is 0 Å². The fourth-order valence-corrected chi connectivity index (χ4v) is 2.62. The van der Waals surface area contributed by atoms with Gasteiger partial charge < -0.3 is 14.0 Å². The number of ether oxygens (including phenoxy) is 1. The van der Waals surface area contributed by atoms with Gasteiger partial charge in [-0.05, 0) is 45.4 Å². The second-order valence-electron chi connectivity index (χ2n) is 6.87. The SMILES string of the molecule is COc1ccc(Cn2cccn2)cc1B1OC(C)(C)C(C)(C)O1. The van der Waals surface area contributed by atoms with E-state index >= 15 is 0 Å². The van der Waals surface area contributed by atoms with E-state index in [0.29, 0.717) is 6.54 Å².